The standard InChI is InChI=1S/C14H12F4N2O2/c15-9-3-4-11-10(5-9)13(14(16,17)18,7-19-12(21)20-11)22-6-8-1-2-8/h3-5,7-8H,1-2,6H2,(H,20,21)/t13-/m1/s1. The lowest BCUT2D eigenvalue weighted by Gasteiger charge is -2.33. The predicted octanol–water partition coefficient (Wildman–Crippen LogP) is 3.63. The molecule has 1 atom stereocenters. The summed E-state index contributed by atoms with van der Waals surface area (Å²) in [6.07, 6.45) is -2.90. The van der Waals surface area contributed by atoms with Crippen LogP contribution in [0.3, 0.4) is 0 Å². The molecule has 1 aliphatic heterocycles. The minimum absolute atomic E-state index is 0.0524. The molecule has 0 saturated heterocycles. The lowest BCUT2D eigenvalue weighted by Crippen LogP contribution is -2.47. The minimum Gasteiger partial charge on any atom is -0.356 e. The third-order valence-electron chi connectivity index (χ3n) is 3.65. The Kier molecular flexibility index (Phi) is 3.43. The van der Waals surface area contributed by atoms with E-state index in [0.717, 1.165) is 25.0 Å². The normalized spacial score (nSPS) is 24.6. The van der Waals surface area contributed by atoms with Crippen molar-refractivity contribution in [1.29, 1.82) is 0 Å². The van der Waals surface area contributed by atoms with Gasteiger partial charge in [-0.25, -0.2) is 14.2 Å². The highest BCUT2D eigenvalue weighted by molar-refractivity contribution is 6.00. The van der Waals surface area contributed by atoms with Crippen LogP contribution in [0.2, 0.25) is 0 Å². The average Bonchev–Trinajstić information content (AvgIpc) is 3.24. The van der Waals surface area contributed by atoms with Gasteiger partial charge in [0.2, 0.25) is 5.60 Å². The summed E-state index contributed by atoms with van der Waals surface area (Å²) in [6.45, 7) is -0.129. The Hall–Kier alpha value is -1.96. The third-order valence-corrected chi connectivity index (χ3v) is 3.65. The maximum Gasteiger partial charge on any atom is 0.427 e. The molecule has 8 heteroatoms. The zero-order valence-corrected chi connectivity index (χ0v) is 11.3. The number of alkyl halides is 3. The molecule has 2 amide bonds. The van der Waals surface area contributed by atoms with Gasteiger partial charge in [0, 0.05) is 11.3 Å². The Morgan fingerprint density at radius 3 is 2.73 bits per heavy atom. The molecule has 1 saturated carbocycles. The van der Waals surface area contributed by atoms with Crippen LogP contribution in [0.1, 0.15) is 18.4 Å². The second kappa shape index (κ2) is 5.05. The number of hydrogen-bond acceptors (Lipinski definition) is 2. The van der Waals surface area contributed by atoms with Gasteiger partial charge in [0.1, 0.15) is 5.82 Å². The second-order valence-electron chi connectivity index (χ2n) is 5.37. The van der Waals surface area contributed by atoms with Crippen LogP contribution < -0.4 is 5.32 Å². The summed E-state index contributed by atoms with van der Waals surface area (Å²) in [5.41, 5.74) is -3.61. The molecule has 1 N–H and O–H groups in total. The molecule has 0 unspecified atom stereocenters. The van der Waals surface area contributed by atoms with Gasteiger partial charge in [0.05, 0.1) is 12.8 Å². The Morgan fingerprint density at radius 1 is 1.36 bits per heavy atom. The molecule has 22 heavy (non-hydrogen) atoms. The molecule has 0 aromatic heterocycles. The quantitative estimate of drug-likeness (QED) is 0.866. The van der Waals surface area contributed by atoms with E-state index in [1.807, 2.05) is 0 Å². The number of fused-ring (bicyclic) bond motifs is 1. The van der Waals surface area contributed by atoms with Gasteiger partial charge >= 0.3 is 12.2 Å². The molecule has 1 heterocycles. The number of aliphatic imine (C=N–C) groups is 1. The molecule has 0 bridgehead atoms. The van der Waals surface area contributed by atoms with Crippen LogP contribution >= 0.6 is 0 Å². The van der Waals surface area contributed by atoms with Crippen molar-refractivity contribution in [1.82, 2.24) is 0 Å². The highest BCUT2D eigenvalue weighted by Crippen LogP contribution is 2.46. The molecule has 4 nitrogen and oxygen atoms in total. The van der Waals surface area contributed by atoms with Crippen molar-refractivity contribution in [2.45, 2.75) is 24.6 Å². The van der Waals surface area contributed by atoms with Crippen LogP contribution in [-0.2, 0) is 10.3 Å². The molecule has 0 radical (unpaired) electrons. The fourth-order valence-corrected chi connectivity index (χ4v) is 2.26. The summed E-state index contributed by atoms with van der Waals surface area (Å²) < 4.78 is 59.7. The second-order valence-corrected chi connectivity index (χ2v) is 5.37. The number of hydrogen-bond donors (Lipinski definition) is 1. The van der Waals surface area contributed by atoms with Crippen LogP contribution in [-0.4, -0.2) is 25.0 Å². The smallest absolute Gasteiger partial charge is 0.356 e. The highest BCUT2D eigenvalue weighted by atomic mass is 19.4. The zero-order chi connectivity index (χ0) is 16.0. The van der Waals surface area contributed by atoms with Crippen molar-refractivity contribution in [2.75, 3.05) is 11.9 Å². The molecule has 1 aromatic rings. The van der Waals surface area contributed by atoms with E-state index in [1.165, 1.54) is 0 Å². The van der Waals surface area contributed by atoms with Crippen molar-refractivity contribution >= 4 is 17.9 Å². The largest absolute Gasteiger partial charge is 0.427 e. The Balaban J connectivity index is 2.14. The number of nitrogens with one attached hydrogen (secondary N) is 1. The molecule has 2 aliphatic rings. The number of halogens is 4. The monoisotopic (exact) mass is 316 g/mol. The van der Waals surface area contributed by atoms with E-state index in [0.29, 0.717) is 12.3 Å². The van der Waals surface area contributed by atoms with Crippen molar-refractivity contribution < 1.29 is 27.1 Å². The Bertz CT molecular complexity index is 640. The fourth-order valence-electron chi connectivity index (χ4n) is 2.26. The maximum absolute atomic E-state index is 13.7. The topological polar surface area (TPSA) is 50.7 Å². The Morgan fingerprint density at radius 2 is 2.09 bits per heavy atom. The maximum atomic E-state index is 13.7. The zero-order valence-electron chi connectivity index (χ0n) is 11.3. The molecule has 1 fully saturated rings. The van der Waals surface area contributed by atoms with Gasteiger partial charge in [-0.1, -0.05) is 0 Å². The van der Waals surface area contributed by atoms with Gasteiger partial charge in [0.15, 0.2) is 0 Å². The summed E-state index contributed by atoms with van der Waals surface area (Å²) in [7, 11) is 0. The molecule has 0 spiro atoms. The lowest BCUT2D eigenvalue weighted by molar-refractivity contribution is -0.252. The molecular weight excluding hydrogens is 304 g/mol. The van der Waals surface area contributed by atoms with Crippen LogP contribution in [0.15, 0.2) is 23.2 Å². The van der Waals surface area contributed by atoms with Crippen molar-refractivity contribution in [3.63, 3.8) is 0 Å². The number of nitrogens with zero attached hydrogens (tertiary/aromatic N) is 1. The molecule has 1 aromatic carbocycles. The predicted molar refractivity (Wildman–Crippen MR) is 70.3 cm³/mol. The average molecular weight is 316 g/mol. The first-order valence-corrected chi connectivity index (χ1v) is 6.69. The van der Waals surface area contributed by atoms with Crippen LogP contribution in [0, 0.1) is 11.7 Å². The number of carbonyl (C=O) groups is 1. The first-order chi connectivity index (χ1) is 10.3. The van der Waals surface area contributed by atoms with E-state index >= 15 is 0 Å². The lowest BCUT2D eigenvalue weighted by atomic mass is 9.92. The van der Waals surface area contributed by atoms with E-state index in [-0.39, 0.29) is 18.2 Å². The SMILES string of the molecule is O=C1N=C[C@](OCC2CC2)(C(F)(F)F)c2cc(F)ccc2N1. The van der Waals surface area contributed by atoms with Crippen LogP contribution in [0.4, 0.5) is 28.0 Å². The first kappa shape index (κ1) is 15.0. The fraction of sp³-hybridized carbons (Fsp3) is 0.429. The summed E-state index contributed by atoms with van der Waals surface area (Å²) in [5, 5.41) is 2.20. The van der Waals surface area contributed by atoms with Crippen molar-refractivity contribution in [2.24, 2.45) is 10.9 Å². The highest BCUT2D eigenvalue weighted by Gasteiger charge is 2.59. The van der Waals surface area contributed by atoms with Crippen molar-refractivity contribution in [3.05, 3.63) is 29.6 Å². The Labute approximate surface area is 123 Å². The number of carbonyl (C=O) groups excluding carboxylic acids is 1. The van der Waals surface area contributed by atoms with Crippen molar-refractivity contribution in [3.8, 4) is 0 Å². The van der Waals surface area contributed by atoms with Gasteiger partial charge in [0.25, 0.3) is 0 Å². The van der Waals surface area contributed by atoms with E-state index in [1.54, 1.807) is 0 Å². The number of amides is 2. The van der Waals surface area contributed by atoms with E-state index in [9.17, 15) is 22.4 Å². The number of ether oxygens (including phenoxy) is 1. The molecule has 1 aliphatic carbocycles. The number of urea groups is 1. The third kappa shape index (κ3) is 2.58. The summed E-state index contributed by atoms with van der Waals surface area (Å²) in [6, 6.07) is 1.78. The van der Waals surface area contributed by atoms with Crippen LogP contribution in [0.5, 0.6) is 0 Å². The molecule has 3 rings (SSSR count). The minimum atomic E-state index is -4.89. The van der Waals surface area contributed by atoms with E-state index in [2.05, 4.69) is 10.3 Å². The van der Waals surface area contributed by atoms with E-state index in [4.69, 9.17) is 4.74 Å². The first-order valence-electron chi connectivity index (χ1n) is 6.69. The molecule has 118 valence electrons. The van der Waals surface area contributed by atoms with Gasteiger partial charge in [-0.3, -0.25) is 0 Å². The van der Waals surface area contributed by atoms with Gasteiger partial charge in [-0.05, 0) is 37.0 Å². The summed E-state index contributed by atoms with van der Waals surface area (Å²) in [5.74, 6) is -0.802. The number of benzene rings is 1. The number of rotatable bonds is 3. The van der Waals surface area contributed by atoms with Gasteiger partial charge in [-0.15, -0.1) is 0 Å². The number of anilines is 1. The van der Waals surface area contributed by atoms with Gasteiger partial charge in [-0.2, -0.15) is 13.2 Å². The molecular formula is C14H12F4N2O2. The summed E-state index contributed by atoms with van der Waals surface area (Å²) >= 11 is 0. The van der Waals surface area contributed by atoms with Gasteiger partial charge < -0.3 is 10.1 Å². The summed E-state index contributed by atoms with van der Waals surface area (Å²) in [4.78, 5) is 14.7. The van der Waals surface area contributed by atoms with E-state index < -0.39 is 29.2 Å². The van der Waals surface area contributed by atoms with Crippen LogP contribution in [0.25, 0.3) is 0 Å².